The lowest BCUT2D eigenvalue weighted by molar-refractivity contribution is 0.303. The fraction of sp³-hybridized carbons (Fsp3) is 0.133. The number of aliphatic hydroxyl groups excluding tert-OH is 1. The number of nitrogens with zero attached hydrogens (tertiary/aromatic N) is 1. The van der Waals surface area contributed by atoms with E-state index in [9.17, 15) is 8.78 Å². The summed E-state index contributed by atoms with van der Waals surface area (Å²) in [6, 6.07) is 4.75. The van der Waals surface area contributed by atoms with Crippen LogP contribution in [0.5, 0.6) is 0 Å². The zero-order valence-corrected chi connectivity index (χ0v) is 10.7. The number of anilines is 1. The van der Waals surface area contributed by atoms with Gasteiger partial charge in [-0.1, -0.05) is 6.08 Å². The Balaban J connectivity index is 2.47. The van der Waals surface area contributed by atoms with Crippen LogP contribution in [-0.2, 0) is 0 Å². The molecule has 0 radical (unpaired) electrons. The molecular formula is C15H14F2N2O. The summed E-state index contributed by atoms with van der Waals surface area (Å²) in [6.45, 7) is 0.0224. The normalized spacial score (nSPS) is 11.2. The smallest absolute Gasteiger partial charge is 0.131 e. The molecule has 1 heterocycles. The zero-order valence-electron chi connectivity index (χ0n) is 10.7. The van der Waals surface area contributed by atoms with Gasteiger partial charge in [-0.05, 0) is 36.8 Å². The van der Waals surface area contributed by atoms with Crippen molar-refractivity contribution in [1.29, 1.82) is 0 Å². The Kier molecular flexibility index (Phi) is 4.42. The van der Waals surface area contributed by atoms with Gasteiger partial charge in [-0.3, -0.25) is 4.98 Å². The quantitative estimate of drug-likeness (QED) is 0.902. The van der Waals surface area contributed by atoms with Gasteiger partial charge in [0.2, 0.25) is 0 Å². The van der Waals surface area contributed by atoms with Crippen molar-refractivity contribution >= 4 is 11.8 Å². The lowest BCUT2D eigenvalue weighted by atomic mass is 10.0. The highest BCUT2D eigenvalue weighted by molar-refractivity contribution is 5.81. The number of pyridine rings is 1. The van der Waals surface area contributed by atoms with Crippen LogP contribution < -0.4 is 5.73 Å². The van der Waals surface area contributed by atoms with Crippen molar-refractivity contribution in [3.05, 3.63) is 53.9 Å². The van der Waals surface area contributed by atoms with Gasteiger partial charge in [0.15, 0.2) is 0 Å². The Bertz CT molecular complexity index is 642. The van der Waals surface area contributed by atoms with Gasteiger partial charge in [-0.2, -0.15) is 0 Å². The molecule has 0 saturated heterocycles. The van der Waals surface area contributed by atoms with Crippen molar-refractivity contribution in [3.63, 3.8) is 0 Å². The van der Waals surface area contributed by atoms with Gasteiger partial charge in [0, 0.05) is 23.9 Å². The van der Waals surface area contributed by atoms with Crippen molar-refractivity contribution in [1.82, 2.24) is 4.98 Å². The van der Waals surface area contributed by atoms with Gasteiger partial charge in [0.25, 0.3) is 0 Å². The van der Waals surface area contributed by atoms with E-state index < -0.39 is 11.6 Å². The number of aromatic nitrogens is 1. The van der Waals surface area contributed by atoms with Gasteiger partial charge in [0.1, 0.15) is 11.6 Å². The van der Waals surface area contributed by atoms with Gasteiger partial charge >= 0.3 is 0 Å². The molecule has 0 aliphatic rings. The first kappa shape index (κ1) is 14.1. The first-order valence-corrected chi connectivity index (χ1v) is 6.10. The molecule has 0 aliphatic carbocycles. The summed E-state index contributed by atoms with van der Waals surface area (Å²) < 4.78 is 27.0. The maximum absolute atomic E-state index is 13.8. The van der Waals surface area contributed by atoms with Crippen molar-refractivity contribution in [2.75, 3.05) is 12.3 Å². The third-order valence-electron chi connectivity index (χ3n) is 2.81. The molecule has 0 saturated carbocycles. The minimum absolute atomic E-state index is 0.0224. The molecule has 2 rings (SSSR count). The van der Waals surface area contributed by atoms with Crippen LogP contribution in [0.3, 0.4) is 0 Å². The lowest BCUT2D eigenvalue weighted by Crippen LogP contribution is -1.98. The first-order valence-electron chi connectivity index (χ1n) is 6.10. The molecule has 0 amide bonds. The fourth-order valence-corrected chi connectivity index (χ4v) is 1.83. The van der Waals surface area contributed by atoms with E-state index >= 15 is 0 Å². The van der Waals surface area contributed by atoms with Gasteiger partial charge in [0.05, 0.1) is 11.4 Å². The van der Waals surface area contributed by atoms with Crippen LogP contribution >= 0.6 is 0 Å². The molecule has 1 aromatic carbocycles. The second-order valence-corrected chi connectivity index (χ2v) is 4.20. The second-order valence-electron chi connectivity index (χ2n) is 4.20. The number of halogens is 2. The predicted molar refractivity (Wildman–Crippen MR) is 74.7 cm³/mol. The Hall–Kier alpha value is -2.27. The van der Waals surface area contributed by atoms with E-state index in [1.807, 2.05) is 0 Å². The average Bonchev–Trinajstić information content (AvgIpc) is 2.44. The standard InChI is InChI=1S/C15H14F2N2O/c16-10-4-5-13(17)12(9-10)11-6-7-19-14(15(11)18)3-1-2-8-20/h1,3-7,9,20H,2,8,18H2/b3-1+. The van der Waals surface area contributed by atoms with E-state index in [0.29, 0.717) is 17.7 Å². The molecule has 5 heteroatoms. The number of hydrogen-bond acceptors (Lipinski definition) is 3. The topological polar surface area (TPSA) is 59.1 Å². The van der Waals surface area contributed by atoms with Crippen LogP contribution in [0.25, 0.3) is 17.2 Å². The summed E-state index contributed by atoms with van der Waals surface area (Å²) in [5, 5.41) is 8.72. The third-order valence-corrected chi connectivity index (χ3v) is 2.81. The minimum atomic E-state index is -0.547. The highest BCUT2D eigenvalue weighted by atomic mass is 19.1. The molecule has 0 fully saturated rings. The number of hydrogen-bond donors (Lipinski definition) is 2. The van der Waals surface area contributed by atoms with Crippen molar-refractivity contribution in [3.8, 4) is 11.1 Å². The molecule has 0 bridgehead atoms. The van der Waals surface area contributed by atoms with E-state index in [1.54, 1.807) is 12.2 Å². The maximum atomic E-state index is 13.8. The molecular weight excluding hydrogens is 262 g/mol. The summed E-state index contributed by atoms with van der Waals surface area (Å²) in [5.41, 5.74) is 7.17. The largest absolute Gasteiger partial charge is 0.396 e. The van der Waals surface area contributed by atoms with E-state index in [2.05, 4.69) is 4.98 Å². The monoisotopic (exact) mass is 276 g/mol. The van der Waals surface area contributed by atoms with E-state index in [4.69, 9.17) is 10.8 Å². The Morgan fingerprint density at radius 1 is 1.20 bits per heavy atom. The molecule has 0 atom stereocenters. The molecule has 3 nitrogen and oxygen atoms in total. The van der Waals surface area contributed by atoms with Crippen LogP contribution in [0, 0.1) is 11.6 Å². The molecule has 104 valence electrons. The first-order chi connectivity index (χ1) is 9.63. The van der Waals surface area contributed by atoms with Crippen LogP contribution in [-0.4, -0.2) is 16.7 Å². The molecule has 0 unspecified atom stereocenters. The lowest BCUT2D eigenvalue weighted by Gasteiger charge is -2.09. The average molecular weight is 276 g/mol. The molecule has 2 aromatic rings. The number of aliphatic hydroxyl groups is 1. The Morgan fingerprint density at radius 2 is 2.00 bits per heavy atom. The number of rotatable bonds is 4. The highest BCUT2D eigenvalue weighted by Crippen LogP contribution is 2.30. The number of benzene rings is 1. The van der Waals surface area contributed by atoms with Crippen molar-refractivity contribution < 1.29 is 13.9 Å². The van der Waals surface area contributed by atoms with Crippen LogP contribution in [0.15, 0.2) is 36.5 Å². The number of nitrogens with two attached hydrogens (primary N) is 1. The van der Waals surface area contributed by atoms with Gasteiger partial charge < -0.3 is 10.8 Å². The van der Waals surface area contributed by atoms with Crippen LogP contribution in [0.4, 0.5) is 14.5 Å². The van der Waals surface area contributed by atoms with Gasteiger partial charge in [-0.15, -0.1) is 0 Å². The fourth-order valence-electron chi connectivity index (χ4n) is 1.83. The van der Waals surface area contributed by atoms with Crippen molar-refractivity contribution in [2.24, 2.45) is 0 Å². The van der Waals surface area contributed by atoms with E-state index in [-0.39, 0.29) is 17.9 Å². The molecule has 1 aromatic heterocycles. The van der Waals surface area contributed by atoms with Crippen LogP contribution in [0.2, 0.25) is 0 Å². The summed E-state index contributed by atoms with van der Waals surface area (Å²) in [5.74, 6) is -1.08. The highest BCUT2D eigenvalue weighted by Gasteiger charge is 2.11. The summed E-state index contributed by atoms with van der Waals surface area (Å²) in [7, 11) is 0. The molecule has 20 heavy (non-hydrogen) atoms. The second kappa shape index (κ2) is 6.25. The van der Waals surface area contributed by atoms with E-state index in [1.165, 1.54) is 12.3 Å². The Labute approximate surface area is 115 Å². The zero-order chi connectivity index (χ0) is 14.5. The molecule has 0 spiro atoms. The molecule has 3 N–H and O–H groups in total. The van der Waals surface area contributed by atoms with Crippen LogP contribution in [0.1, 0.15) is 12.1 Å². The van der Waals surface area contributed by atoms with Gasteiger partial charge in [-0.25, -0.2) is 8.78 Å². The summed E-state index contributed by atoms with van der Waals surface area (Å²) in [6.07, 6.45) is 5.31. The third kappa shape index (κ3) is 3.00. The van der Waals surface area contributed by atoms with E-state index in [0.717, 1.165) is 18.2 Å². The summed E-state index contributed by atoms with van der Waals surface area (Å²) >= 11 is 0. The minimum Gasteiger partial charge on any atom is -0.396 e. The number of nitrogen functional groups attached to an aromatic ring is 1. The summed E-state index contributed by atoms with van der Waals surface area (Å²) in [4.78, 5) is 4.08. The Morgan fingerprint density at radius 3 is 2.75 bits per heavy atom. The SMILES string of the molecule is Nc1c(-c2cc(F)ccc2F)ccnc1/C=C/CCO. The molecule has 0 aliphatic heterocycles. The van der Waals surface area contributed by atoms with Crippen molar-refractivity contribution in [2.45, 2.75) is 6.42 Å². The maximum Gasteiger partial charge on any atom is 0.131 e. The predicted octanol–water partition coefficient (Wildman–Crippen LogP) is 3.00.